The first kappa shape index (κ1) is 15.4. The Morgan fingerprint density at radius 3 is 3.09 bits per heavy atom. The van der Waals surface area contributed by atoms with Gasteiger partial charge in [0.2, 0.25) is 0 Å². The first-order chi connectivity index (χ1) is 10.7. The molecule has 0 aromatic carbocycles. The first-order valence-electron chi connectivity index (χ1n) is 8.02. The van der Waals surface area contributed by atoms with Gasteiger partial charge in [-0.2, -0.15) is 5.10 Å². The number of aryl methyl sites for hydroxylation is 1. The molecule has 0 aliphatic carbocycles. The Morgan fingerprint density at radius 1 is 1.45 bits per heavy atom. The maximum absolute atomic E-state index is 11.4. The normalized spacial score (nSPS) is 19.4. The molecule has 0 amide bonds. The van der Waals surface area contributed by atoms with E-state index < -0.39 is 0 Å². The van der Waals surface area contributed by atoms with E-state index in [-0.39, 0.29) is 5.78 Å². The van der Waals surface area contributed by atoms with Gasteiger partial charge in [0, 0.05) is 31.5 Å². The van der Waals surface area contributed by atoms with Gasteiger partial charge in [-0.1, -0.05) is 6.42 Å². The van der Waals surface area contributed by atoms with Crippen molar-refractivity contribution >= 4 is 17.1 Å². The lowest BCUT2D eigenvalue weighted by Gasteiger charge is -2.35. The minimum atomic E-state index is 0.171. The summed E-state index contributed by atoms with van der Waals surface area (Å²) < 4.78 is 2.02. The van der Waals surface area contributed by atoms with Gasteiger partial charge in [-0.15, -0.1) is 11.3 Å². The highest BCUT2D eigenvalue weighted by molar-refractivity contribution is 7.12. The van der Waals surface area contributed by atoms with Crippen LogP contribution < -0.4 is 0 Å². The Hall–Kier alpha value is -1.46. The largest absolute Gasteiger partial charge is 0.296 e. The molecular weight excluding hydrogens is 294 g/mol. The summed E-state index contributed by atoms with van der Waals surface area (Å²) >= 11 is 1.57. The molecule has 3 heterocycles. The lowest BCUT2D eigenvalue weighted by Crippen LogP contribution is -2.39. The zero-order chi connectivity index (χ0) is 15.4. The maximum atomic E-state index is 11.4. The number of carbonyl (C=O) groups excluding carboxylic acids is 1. The van der Waals surface area contributed by atoms with Gasteiger partial charge >= 0.3 is 0 Å². The molecule has 1 saturated heterocycles. The number of rotatable bonds is 6. The molecule has 2 aromatic rings. The van der Waals surface area contributed by atoms with Crippen molar-refractivity contribution in [3.05, 3.63) is 40.3 Å². The van der Waals surface area contributed by atoms with Crippen molar-refractivity contribution in [1.82, 2.24) is 14.7 Å². The molecule has 0 N–H and O–H groups in total. The lowest BCUT2D eigenvalue weighted by atomic mass is 9.98. The Morgan fingerprint density at radius 2 is 2.36 bits per heavy atom. The summed E-state index contributed by atoms with van der Waals surface area (Å²) in [6.45, 7) is 4.75. The van der Waals surface area contributed by atoms with Crippen LogP contribution in [0.1, 0.15) is 47.8 Å². The molecule has 1 atom stereocenters. The quantitative estimate of drug-likeness (QED) is 0.764. The van der Waals surface area contributed by atoms with E-state index in [1.807, 2.05) is 23.1 Å². The Kier molecular flexibility index (Phi) is 5.05. The van der Waals surface area contributed by atoms with E-state index in [1.54, 1.807) is 18.3 Å². The average molecular weight is 317 g/mol. The number of nitrogens with zero attached hydrogens (tertiary/aromatic N) is 3. The molecule has 22 heavy (non-hydrogen) atoms. The van der Waals surface area contributed by atoms with E-state index in [2.05, 4.69) is 21.4 Å². The molecule has 1 unspecified atom stereocenters. The molecule has 0 bridgehead atoms. The fourth-order valence-electron chi connectivity index (χ4n) is 3.19. The van der Waals surface area contributed by atoms with Crippen molar-refractivity contribution in [2.75, 3.05) is 6.54 Å². The van der Waals surface area contributed by atoms with Crippen LogP contribution in [-0.4, -0.2) is 33.1 Å². The fourth-order valence-corrected chi connectivity index (χ4v) is 3.99. The van der Waals surface area contributed by atoms with Crippen LogP contribution in [0.5, 0.6) is 0 Å². The van der Waals surface area contributed by atoms with Crippen molar-refractivity contribution in [2.45, 2.75) is 51.7 Å². The van der Waals surface area contributed by atoms with Crippen LogP contribution in [0.4, 0.5) is 0 Å². The highest BCUT2D eigenvalue weighted by atomic mass is 32.1. The van der Waals surface area contributed by atoms with E-state index in [1.165, 1.54) is 24.8 Å². The van der Waals surface area contributed by atoms with Crippen LogP contribution in [0.3, 0.4) is 0 Å². The Balaban J connectivity index is 1.60. The minimum Gasteiger partial charge on any atom is -0.296 e. The summed E-state index contributed by atoms with van der Waals surface area (Å²) in [6, 6.07) is 4.66. The molecule has 4 nitrogen and oxygen atoms in total. The molecule has 5 heteroatoms. The van der Waals surface area contributed by atoms with E-state index in [0.717, 1.165) is 30.9 Å². The molecule has 2 aromatic heterocycles. The van der Waals surface area contributed by atoms with Crippen LogP contribution in [-0.2, 0) is 13.1 Å². The minimum absolute atomic E-state index is 0.171. The Labute approximate surface area is 135 Å². The number of aromatic nitrogens is 2. The number of thiophene rings is 1. The predicted octanol–water partition coefficient (Wildman–Crippen LogP) is 3.59. The number of carbonyl (C=O) groups is 1. The molecule has 0 saturated carbocycles. The topological polar surface area (TPSA) is 38.1 Å². The lowest BCUT2D eigenvalue weighted by molar-refractivity contribution is 0.102. The van der Waals surface area contributed by atoms with E-state index in [9.17, 15) is 4.79 Å². The Bertz CT molecular complexity index is 605. The molecule has 1 aliphatic rings. The van der Waals surface area contributed by atoms with Crippen molar-refractivity contribution in [2.24, 2.45) is 0 Å². The molecule has 118 valence electrons. The summed E-state index contributed by atoms with van der Waals surface area (Å²) in [5.74, 6) is 0.171. The standard InChI is InChI=1S/C17H23N3OS/c1-14(21)17-11-15(13-22-17)12-19-8-3-2-5-16(19)6-10-20-9-4-7-18-20/h4,7,9,11,13,16H,2-3,5-6,8,10,12H2,1H3. The van der Waals surface area contributed by atoms with Crippen LogP contribution in [0.15, 0.2) is 29.9 Å². The number of likely N-dealkylation sites (tertiary alicyclic amines) is 1. The molecule has 0 spiro atoms. The van der Waals surface area contributed by atoms with Crippen LogP contribution in [0, 0.1) is 0 Å². The van der Waals surface area contributed by atoms with E-state index in [4.69, 9.17) is 0 Å². The van der Waals surface area contributed by atoms with Gasteiger partial charge in [-0.25, -0.2) is 0 Å². The summed E-state index contributed by atoms with van der Waals surface area (Å²) in [5.41, 5.74) is 1.28. The van der Waals surface area contributed by atoms with Crippen LogP contribution in [0.2, 0.25) is 0 Å². The number of ketones is 1. The van der Waals surface area contributed by atoms with Gasteiger partial charge in [0.25, 0.3) is 0 Å². The average Bonchev–Trinajstić information content (AvgIpc) is 3.17. The second kappa shape index (κ2) is 7.20. The fraction of sp³-hybridized carbons (Fsp3) is 0.529. The summed E-state index contributed by atoms with van der Waals surface area (Å²) in [6.07, 6.45) is 8.89. The van der Waals surface area contributed by atoms with Crippen molar-refractivity contribution < 1.29 is 4.79 Å². The SMILES string of the molecule is CC(=O)c1cc(CN2CCCCC2CCn2cccn2)cs1. The summed E-state index contributed by atoms with van der Waals surface area (Å²) in [5, 5.41) is 6.43. The van der Waals surface area contributed by atoms with Crippen molar-refractivity contribution in [3.63, 3.8) is 0 Å². The zero-order valence-corrected chi connectivity index (χ0v) is 13.9. The van der Waals surface area contributed by atoms with Gasteiger partial charge in [0.05, 0.1) is 4.88 Å². The number of Topliss-reactive ketones (excluding diaryl/α,β-unsaturated/α-hetero) is 1. The third kappa shape index (κ3) is 3.84. The third-order valence-corrected chi connectivity index (χ3v) is 5.47. The molecule has 3 rings (SSSR count). The van der Waals surface area contributed by atoms with Gasteiger partial charge in [0.15, 0.2) is 5.78 Å². The van der Waals surface area contributed by atoms with Crippen molar-refractivity contribution in [3.8, 4) is 0 Å². The van der Waals surface area contributed by atoms with Gasteiger partial charge in [-0.05, 0) is 55.8 Å². The monoisotopic (exact) mass is 317 g/mol. The second-order valence-corrected chi connectivity index (χ2v) is 6.96. The summed E-state index contributed by atoms with van der Waals surface area (Å²) in [7, 11) is 0. The van der Waals surface area contributed by atoms with E-state index in [0.29, 0.717) is 6.04 Å². The predicted molar refractivity (Wildman–Crippen MR) is 89.2 cm³/mol. The zero-order valence-electron chi connectivity index (χ0n) is 13.1. The van der Waals surface area contributed by atoms with Gasteiger partial charge in [-0.3, -0.25) is 14.4 Å². The van der Waals surface area contributed by atoms with Crippen molar-refractivity contribution in [1.29, 1.82) is 0 Å². The molecule has 0 radical (unpaired) electrons. The van der Waals surface area contributed by atoms with Gasteiger partial charge in [0.1, 0.15) is 0 Å². The molecular formula is C17H23N3OS. The second-order valence-electron chi connectivity index (χ2n) is 6.05. The molecule has 1 fully saturated rings. The highest BCUT2D eigenvalue weighted by Crippen LogP contribution is 2.24. The first-order valence-corrected chi connectivity index (χ1v) is 8.90. The smallest absolute Gasteiger partial charge is 0.169 e. The van der Waals surface area contributed by atoms with Crippen LogP contribution in [0.25, 0.3) is 0 Å². The van der Waals surface area contributed by atoms with Crippen LogP contribution >= 0.6 is 11.3 Å². The number of hydrogen-bond acceptors (Lipinski definition) is 4. The maximum Gasteiger partial charge on any atom is 0.169 e. The number of hydrogen-bond donors (Lipinski definition) is 0. The molecule has 1 aliphatic heterocycles. The number of piperidine rings is 1. The van der Waals surface area contributed by atoms with Gasteiger partial charge < -0.3 is 0 Å². The third-order valence-electron chi connectivity index (χ3n) is 4.39. The highest BCUT2D eigenvalue weighted by Gasteiger charge is 2.22. The summed E-state index contributed by atoms with van der Waals surface area (Å²) in [4.78, 5) is 14.9. The van der Waals surface area contributed by atoms with E-state index >= 15 is 0 Å².